The minimum absolute atomic E-state index is 0.00608. The Morgan fingerprint density at radius 2 is 2.06 bits per heavy atom. The standard InChI is InChI=1S/C23H21ClFN5O3/c1-32-19-8-17-14(21(27-12-26-17)28-16-4-2-3-15(24)20(16)25)7-18(19)30-11-23(33-22(30)31)9-29(10-23)13-5-6-13/h2-4,7-8,12-13H,5-6,9-11H2,1H3,(H,26,27,28). The monoisotopic (exact) mass is 469 g/mol. The van der Waals surface area contributed by atoms with Gasteiger partial charge < -0.3 is 14.8 Å². The number of nitrogens with one attached hydrogen (secondary N) is 1. The van der Waals surface area contributed by atoms with Crippen molar-refractivity contribution < 1.29 is 18.7 Å². The van der Waals surface area contributed by atoms with Crippen LogP contribution in [-0.4, -0.2) is 59.3 Å². The molecule has 1 aromatic heterocycles. The van der Waals surface area contributed by atoms with Crippen molar-refractivity contribution in [3.8, 4) is 5.75 Å². The van der Waals surface area contributed by atoms with Gasteiger partial charge in [-0.05, 0) is 31.0 Å². The molecule has 1 spiro atoms. The maximum atomic E-state index is 14.5. The van der Waals surface area contributed by atoms with Gasteiger partial charge in [0.1, 0.15) is 17.9 Å². The molecular formula is C23H21ClFN5O3. The van der Waals surface area contributed by atoms with Crippen LogP contribution in [0.5, 0.6) is 5.75 Å². The van der Waals surface area contributed by atoms with E-state index in [1.165, 1.54) is 25.2 Å². The molecule has 3 fully saturated rings. The Morgan fingerprint density at radius 1 is 1.24 bits per heavy atom. The first-order chi connectivity index (χ1) is 16.0. The molecule has 3 aromatic rings. The molecule has 2 aliphatic heterocycles. The van der Waals surface area contributed by atoms with E-state index in [-0.39, 0.29) is 10.7 Å². The smallest absolute Gasteiger partial charge is 0.415 e. The molecule has 0 atom stereocenters. The van der Waals surface area contributed by atoms with Crippen LogP contribution in [0.1, 0.15) is 12.8 Å². The lowest BCUT2D eigenvalue weighted by Gasteiger charge is -2.45. The number of methoxy groups -OCH3 is 1. The normalized spacial score (nSPS) is 19.6. The molecule has 0 unspecified atom stereocenters. The first-order valence-electron chi connectivity index (χ1n) is 10.7. The van der Waals surface area contributed by atoms with Gasteiger partial charge in [0.25, 0.3) is 0 Å². The summed E-state index contributed by atoms with van der Waals surface area (Å²) in [5.74, 6) is 0.305. The Bertz CT molecular complexity index is 1280. The van der Waals surface area contributed by atoms with Crippen LogP contribution in [0.2, 0.25) is 5.02 Å². The van der Waals surface area contributed by atoms with Gasteiger partial charge in [-0.1, -0.05) is 17.7 Å². The number of ether oxygens (including phenoxy) is 2. The first kappa shape index (κ1) is 20.4. The Kier molecular flexibility index (Phi) is 4.60. The van der Waals surface area contributed by atoms with Crippen molar-refractivity contribution in [3.63, 3.8) is 0 Å². The van der Waals surface area contributed by atoms with Crippen molar-refractivity contribution in [2.45, 2.75) is 24.5 Å². The number of anilines is 3. The van der Waals surface area contributed by atoms with E-state index in [0.717, 1.165) is 13.1 Å². The number of carbonyl (C=O) groups excluding carboxylic acids is 1. The molecule has 10 heteroatoms. The third kappa shape index (κ3) is 3.43. The van der Waals surface area contributed by atoms with Crippen LogP contribution >= 0.6 is 11.6 Å². The number of benzene rings is 2. The molecule has 1 amide bonds. The van der Waals surface area contributed by atoms with Gasteiger partial charge >= 0.3 is 6.09 Å². The molecule has 0 bridgehead atoms. The van der Waals surface area contributed by atoms with E-state index in [2.05, 4.69) is 20.2 Å². The summed E-state index contributed by atoms with van der Waals surface area (Å²) in [6.45, 7) is 1.94. The Labute approximate surface area is 194 Å². The fourth-order valence-corrected chi connectivity index (χ4v) is 4.81. The van der Waals surface area contributed by atoms with Crippen LogP contribution in [0.4, 0.5) is 26.4 Å². The van der Waals surface area contributed by atoms with E-state index in [1.807, 2.05) is 0 Å². The summed E-state index contributed by atoms with van der Waals surface area (Å²) in [5, 5.41) is 3.61. The van der Waals surface area contributed by atoms with E-state index in [1.54, 1.807) is 36.3 Å². The number of rotatable bonds is 5. The number of aromatic nitrogens is 2. The summed E-state index contributed by atoms with van der Waals surface area (Å²) < 4.78 is 25.9. The zero-order valence-electron chi connectivity index (χ0n) is 17.8. The maximum Gasteiger partial charge on any atom is 0.415 e. The van der Waals surface area contributed by atoms with Gasteiger partial charge in [0.15, 0.2) is 11.4 Å². The van der Waals surface area contributed by atoms with Crippen LogP contribution in [0, 0.1) is 5.82 Å². The molecule has 2 saturated heterocycles. The Hall–Kier alpha value is -3.17. The van der Waals surface area contributed by atoms with Crippen LogP contribution < -0.4 is 15.0 Å². The third-order valence-electron chi connectivity index (χ3n) is 6.45. The molecule has 1 N–H and O–H groups in total. The lowest BCUT2D eigenvalue weighted by Crippen LogP contribution is -2.64. The quantitative estimate of drug-likeness (QED) is 0.595. The Balaban J connectivity index is 1.36. The molecule has 0 radical (unpaired) electrons. The minimum Gasteiger partial charge on any atom is -0.494 e. The van der Waals surface area contributed by atoms with Crippen LogP contribution in [-0.2, 0) is 4.74 Å². The molecule has 1 saturated carbocycles. The number of carbonyl (C=O) groups is 1. The molecule has 3 aliphatic rings. The summed E-state index contributed by atoms with van der Waals surface area (Å²) in [6.07, 6.45) is 3.41. The number of hydrogen-bond donors (Lipinski definition) is 1. The number of halogens is 2. The molecular weight excluding hydrogens is 449 g/mol. The zero-order chi connectivity index (χ0) is 22.7. The second kappa shape index (κ2) is 7.43. The highest BCUT2D eigenvalue weighted by Crippen LogP contribution is 2.43. The predicted octanol–water partition coefficient (Wildman–Crippen LogP) is 4.35. The molecule has 1 aliphatic carbocycles. The van der Waals surface area contributed by atoms with Gasteiger partial charge in [-0.2, -0.15) is 0 Å². The highest BCUT2D eigenvalue weighted by molar-refractivity contribution is 6.31. The SMILES string of the molecule is COc1cc2ncnc(Nc3cccc(Cl)c3F)c2cc1N1CC2(CN(C3CC3)C2)OC1=O. The molecule has 3 heterocycles. The summed E-state index contributed by atoms with van der Waals surface area (Å²) in [4.78, 5) is 25.4. The van der Waals surface area contributed by atoms with Crippen molar-refractivity contribution in [2.24, 2.45) is 0 Å². The van der Waals surface area contributed by atoms with E-state index < -0.39 is 17.5 Å². The molecule has 2 aromatic carbocycles. The number of likely N-dealkylation sites (tertiary alicyclic amines) is 1. The topological polar surface area (TPSA) is 79.8 Å². The second-order valence-electron chi connectivity index (χ2n) is 8.76. The highest BCUT2D eigenvalue weighted by Gasteiger charge is 2.56. The lowest BCUT2D eigenvalue weighted by molar-refractivity contribution is -0.0764. The van der Waals surface area contributed by atoms with Crippen molar-refractivity contribution in [2.75, 3.05) is 37.0 Å². The molecule has 6 rings (SSSR count). The van der Waals surface area contributed by atoms with E-state index in [9.17, 15) is 9.18 Å². The van der Waals surface area contributed by atoms with E-state index in [0.29, 0.717) is 40.7 Å². The number of fused-ring (bicyclic) bond motifs is 1. The van der Waals surface area contributed by atoms with Gasteiger partial charge in [0.05, 0.1) is 35.6 Å². The van der Waals surface area contributed by atoms with Gasteiger partial charge in [-0.15, -0.1) is 0 Å². The van der Waals surface area contributed by atoms with Crippen molar-refractivity contribution >= 4 is 45.8 Å². The Morgan fingerprint density at radius 3 is 2.82 bits per heavy atom. The highest BCUT2D eigenvalue weighted by atomic mass is 35.5. The van der Waals surface area contributed by atoms with Gasteiger partial charge in [0.2, 0.25) is 0 Å². The van der Waals surface area contributed by atoms with Crippen molar-refractivity contribution in [1.82, 2.24) is 14.9 Å². The maximum absolute atomic E-state index is 14.5. The van der Waals surface area contributed by atoms with Gasteiger partial charge in [-0.3, -0.25) is 9.80 Å². The largest absolute Gasteiger partial charge is 0.494 e. The van der Waals surface area contributed by atoms with E-state index in [4.69, 9.17) is 21.1 Å². The third-order valence-corrected chi connectivity index (χ3v) is 6.74. The van der Waals surface area contributed by atoms with Gasteiger partial charge in [0, 0.05) is 30.6 Å². The van der Waals surface area contributed by atoms with Gasteiger partial charge in [-0.25, -0.2) is 19.2 Å². The summed E-state index contributed by atoms with van der Waals surface area (Å²) in [5.41, 5.74) is 0.842. The summed E-state index contributed by atoms with van der Waals surface area (Å²) >= 11 is 5.92. The predicted molar refractivity (Wildman–Crippen MR) is 122 cm³/mol. The first-order valence-corrected chi connectivity index (χ1v) is 11.1. The lowest BCUT2D eigenvalue weighted by atomic mass is 9.93. The fraction of sp³-hybridized carbons (Fsp3) is 0.348. The van der Waals surface area contributed by atoms with E-state index >= 15 is 0 Å². The average Bonchev–Trinajstić information content (AvgIpc) is 3.57. The summed E-state index contributed by atoms with van der Waals surface area (Å²) in [6, 6.07) is 8.84. The van der Waals surface area contributed by atoms with Crippen LogP contribution in [0.3, 0.4) is 0 Å². The summed E-state index contributed by atoms with van der Waals surface area (Å²) in [7, 11) is 1.54. The van der Waals surface area contributed by atoms with Crippen LogP contribution in [0.15, 0.2) is 36.7 Å². The second-order valence-corrected chi connectivity index (χ2v) is 9.17. The average molecular weight is 470 g/mol. The molecule has 8 nitrogen and oxygen atoms in total. The van der Waals surface area contributed by atoms with Crippen molar-refractivity contribution in [1.29, 1.82) is 0 Å². The van der Waals surface area contributed by atoms with Crippen LogP contribution in [0.25, 0.3) is 10.9 Å². The van der Waals surface area contributed by atoms with Crippen molar-refractivity contribution in [3.05, 3.63) is 47.5 Å². The number of amides is 1. The zero-order valence-corrected chi connectivity index (χ0v) is 18.6. The fourth-order valence-electron chi connectivity index (χ4n) is 4.64. The molecule has 170 valence electrons. The minimum atomic E-state index is -0.574. The number of hydrogen-bond acceptors (Lipinski definition) is 7. The number of nitrogens with zero attached hydrogens (tertiary/aromatic N) is 4. The molecule has 33 heavy (non-hydrogen) atoms.